The van der Waals surface area contributed by atoms with Crippen LogP contribution in [0, 0.1) is 0 Å². The smallest absolute Gasteiger partial charge is 0.481 e. The molecule has 4 heteroatoms. The maximum atomic E-state index is 4.99. The van der Waals surface area contributed by atoms with Gasteiger partial charge in [-0.3, -0.25) is 0 Å². The Morgan fingerprint density at radius 1 is 1.12 bits per heavy atom. The van der Waals surface area contributed by atoms with Crippen LogP contribution in [0.3, 0.4) is 0 Å². The third-order valence-electron chi connectivity index (χ3n) is 0.575. The molecule has 0 atom stereocenters. The lowest BCUT2D eigenvalue weighted by Gasteiger charge is -1.95. The second-order valence-corrected chi connectivity index (χ2v) is 2.16. The van der Waals surface area contributed by atoms with E-state index in [1.54, 1.807) is 0 Å². The maximum Gasteiger partial charge on any atom is 0.649 e. The molecule has 8 heavy (non-hydrogen) atoms. The predicted molar refractivity (Wildman–Crippen MR) is 34.0 cm³/mol. The van der Waals surface area contributed by atoms with E-state index in [2.05, 4.69) is 0 Å². The average Bonchev–Trinajstić information content (AvgIpc) is 1.69. The average molecular weight is 136 g/mol. The number of hydrogen-bond donors (Lipinski definition) is 0. The molecule has 50 valence electrons. The van der Waals surface area contributed by atoms with Crippen LogP contribution in [0.15, 0.2) is 0 Å². The predicted octanol–water partition coefficient (Wildman–Crippen LogP) is -0.499. The Kier molecular flexibility index (Phi) is 14.6. The SMILES string of the molecule is CC[O][AlH][O]CC.O. The Morgan fingerprint density at radius 3 is 1.75 bits per heavy atom. The molecular weight excluding hydrogens is 123 g/mol. The number of hydrogen-bond acceptors (Lipinski definition) is 2. The highest BCUT2D eigenvalue weighted by Gasteiger charge is 1.88. The molecule has 0 unspecified atom stereocenters. The highest BCUT2D eigenvalue weighted by atomic mass is 27.2. The van der Waals surface area contributed by atoms with E-state index in [0.717, 1.165) is 13.2 Å². The Morgan fingerprint density at radius 2 is 1.50 bits per heavy atom. The van der Waals surface area contributed by atoms with Crippen LogP contribution in [0.2, 0.25) is 0 Å². The van der Waals surface area contributed by atoms with Crippen molar-refractivity contribution in [2.45, 2.75) is 13.8 Å². The second-order valence-electron chi connectivity index (χ2n) is 1.10. The topological polar surface area (TPSA) is 50.0 Å². The van der Waals surface area contributed by atoms with E-state index in [1.807, 2.05) is 13.8 Å². The Hall–Kier alpha value is 0.412. The van der Waals surface area contributed by atoms with Gasteiger partial charge in [-0.2, -0.15) is 0 Å². The van der Waals surface area contributed by atoms with Gasteiger partial charge in [-0.05, 0) is 13.8 Å². The van der Waals surface area contributed by atoms with Crippen LogP contribution >= 0.6 is 0 Å². The van der Waals surface area contributed by atoms with Gasteiger partial charge in [-0.25, -0.2) is 0 Å². The quantitative estimate of drug-likeness (QED) is 0.386. The summed E-state index contributed by atoms with van der Waals surface area (Å²) in [6, 6.07) is 0. The first-order valence-corrected chi connectivity index (χ1v) is 3.72. The van der Waals surface area contributed by atoms with Gasteiger partial charge in [0.15, 0.2) is 0 Å². The summed E-state index contributed by atoms with van der Waals surface area (Å²) in [5, 5.41) is 0. The Balaban J connectivity index is 0. The molecule has 0 aliphatic carbocycles. The van der Waals surface area contributed by atoms with E-state index in [4.69, 9.17) is 7.58 Å². The molecule has 0 heterocycles. The van der Waals surface area contributed by atoms with E-state index in [0.29, 0.717) is 0 Å². The normalized spacial score (nSPS) is 7.75. The molecule has 0 fully saturated rings. The Labute approximate surface area is 56.7 Å². The van der Waals surface area contributed by atoms with Crippen LogP contribution in [0.1, 0.15) is 13.8 Å². The first-order valence-electron chi connectivity index (χ1n) is 2.57. The van der Waals surface area contributed by atoms with Gasteiger partial charge in [0, 0.05) is 13.2 Å². The van der Waals surface area contributed by atoms with Gasteiger partial charge in [-0.1, -0.05) is 0 Å². The van der Waals surface area contributed by atoms with E-state index in [1.165, 1.54) is 0 Å². The summed E-state index contributed by atoms with van der Waals surface area (Å²) in [6.45, 7) is 5.55. The molecule has 0 amide bonds. The zero-order chi connectivity index (χ0) is 5.54. The summed E-state index contributed by atoms with van der Waals surface area (Å²) in [7, 11) is 0. The van der Waals surface area contributed by atoms with Crippen LogP contribution in [0.5, 0.6) is 0 Å². The van der Waals surface area contributed by atoms with Gasteiger partial charge in [0.05, 0.1) is 0 Å². The molecule has 0 bridgehead atoms. The van der Waals surface area contributed by atoms with Crippen molar-refractivity contribution >= 4 is 15.9 Å². The standard InChI is InChI=1S/2C2H5O.Al.H2O.H/c2*1-2-3;;;/h2*2H2,1H3;;1H2;/q2*-1;+2;;. The third-order valence-corrected chi connectivity index (χ3v) is 1.72. The highest BCUT2D eigenvalue weighted by molar-refractivity contribution is 6.17. The van der Waals surface area contributed by atoms with Crippen molar-refractivity contribution in [3.63, 3.8) is 0 Å². The molecular formula is C4H13AlO3. The van der Waals surface area contributed by atoms with Crippen molar-refractivity contribution < 1.29 is 13.1 Å². The van der Waals surface area contributed by atoms with Crippen LogP contribution in [0.4, 0.5) is 0 Å². The largest absolute Gasteiger partial charge is 0.649 e. The molecule has 0 radical (unpaired) electrons. The summed E-state index contributed by atoms with van der Waals surface area (Å²) in [4.78, 5) is 0. The first-order chi connectivity index (χ1) is 3.41. The van der Waals surface area contributed by atoms with Gasteiger partial charge in [-0.15, -0.1) is 0 Å². The summed E-state index contributed by atoms with van der Waals surface area (Å²) in [6.07, 6.45) is 0. The van der Waals surface area contributed by atoms with E-state index >= 15 is 0 Å². The van der Waals surface area contributed by atoms with Crippen LogP contribution in [0.25, 0.3) is 0 Å². The minimum atomic E-state index is -0.589. The van der Waals surface area contributed by atoms with Gasteiger partial charge in [0.25, 0.3) is 0 Å². The van der Waals surface area contributed by atoms with Crippen LogP contribution < -0.4 is 0 Å². The molecule has 0 saturated heterocycles. The minimum Gasteiger partial charge on any atom is -0.481 e. The summed E-state index contributed by atoms with van der Waals surface area (Å²) >= 11 is -0.589. The van der Waals surface area contributed by atoms with Crippen molar-refractivity contribution in [3.05, 3.63) is 0 Å². The van der Waals surface area contributed by atoms with Gasteiger partial charge < -0.3 is 13.1 Å². The molecule has 2 N–H and O–H groups in total. The number of rotatable bonds is 4. The first kappa shape index (κ1) is 11.2. The molecule has 0 aromatic heterocycles. The molecule has 0 aliphatic rings. The fourth-order valence-corrected chi connectivity index (χ4v) is 0.677. The fourth-order valence-electron chi connectivity index (χ4n) is 0.226. The van der Waals surface area contributed by atoms with E-state index in [9.17, 15) is 0 Å². The molecule has 0 aliphatic heterocycles. The van der Waals surface area contributed by atoms with E-state index < -0.39 is 15.9 Å². The zero-order valence-corrected chi connectivity index (χ0v) is 6.85. The van der Waals surface area contributed by atoms with Crippen molar-refractivity contribution in [1.82, 2.24) is 0 Å². The molecule has 0 aromatic rings. The molecule has 0 rings (SSSR count). The summed E-state index contributed by atoms with van der Waals surface area (Å²) in [5.41, 5.74) is 0. The lowest BCUT2D eigenvalue weighted by molar-refractivity contribution is 0.240. The molecule has 0 aromatic carbocycles. The summed E-state index contributed by atoms with van der Waals surface area (Å²) < 4.78 is 9.98. The Bertz CT molecular complexity index is 30.5. The van der Waals surface area contributed by atoms with Crippen LogP contribution in [-0.2, 0) is 7.58 Å². The summed E-state index contributed by atoms with van der Waals surface area (Å²) in [5.74, 6) is 0. The fraction of sp³-hybridized carbons (Fsp3) is 1.00. The molecule has 3 nitrogen and oxygen atoms in total. The molecule has 0 spiro atoms. The minimum absolute atomic E-state index is 0. The second kappa shape index (κ2) is 10.4. The lowest BCUT2D eigenvalue weighted by Crippen LogP contribution is -2.02. The van der Waals surface area contributed by atoms with Gasteiger partial charge >= 0.3 is 15.9 Å². The molecule has 0 saturated carbocycles. The van der Waals surface area contributed by atoms with Crippen LogP contribution in [-0.4, -0.2) is 34.6 Å². The zero-order valence-electron chi connectivity index (χ0n) is 5.44. The van der Waals surface area contributed by atoms with Gasteiger partial charge in [0.2, 0.25) is 0 Å². The monoisotopic (exact) mass is 136 g/mol. The maximum absolute atomic E-state index is 4.99. The van der Waals surface area contributed by atoms with E-state index in [-0.39, 0.29) is 5.48 Å². The van der Waals surface area contributed by atoms with Crippen molar-refractivity contribution in [2.75, 3.05) is 13.2 Å². The highest BCUT2D eigenvalue weighted by Crippen LogP contribution is 1.70. The van der Waals surface area contributed by atoms with Crippen molar-refractivity contribution in [3.8, 4) is 0 Å². The van der Waals surface area contributed by atoms with Gasteiger partial charge in [0.1, 0.15) is 0 Å². The van der Waals surface area contributed by atoms with Crippen molar-refractivity contribution in [1.29, 1.82) is 0 Å². The lowest BCUT2D eigenvalue weighted by atomic mass is 10.9. The van der Waals surface area contributed by atoms with Crippen molar-refractivity contribution in [2.24, 2.45) is 0 Å². The third kappa shape index (κ3) is 9.65.